The molecule has 6 nitrogen and oxygen atoms in total. The van der Waals surface area contributed by atoms with Gasteiger partial charge in [0.1, 0.15) is 0 Å². The summed E-state index contributed by atoms with van der Waals surface area (Å²) in [5, 5.41) is 9.15. The van der Waals surface area contributed by atoms with E-state index in [9.17, 15) is 14.0 Å². The van der Waals surface area contributed by atoms with Crippen LogP contribution in [-0.4, -0.2) is 33.5 Å². The first-order valence-corrected chi connectivity index (χ1v) is 5.13. The van der Waals surface area contributed by atoms with E-state index in [2.05, 4.69) is 0 Å². The summed E-state index contributed by atoms with van der Waals surface area (Å²) >= 11 is 0. The Bertz CT molecular complexity index is 543. The molecule has 0 bridgehead atoms. The van der Waals surface area contributed by atoms with Crippen LogP contribution in [0.15, 0.2) is 21.9 Å². The fourth-order valence-corrected chi connectivity index (χ4v) is 1.82. The Morgan fingerprint density at radius 3 is 2.94 bits per heavy atom. The number of nitrogens with zero attached hydrogens (tertiary/aromatic N) is 1. The van der Waals surface area contributed by atoms with Crippen LogP contribution in [-0.2, 0) is 4.74 Å². The molecule has 2 heterocycles. The van der Waals surface area contributed by atoms with Crippen molar-refractivity contribution >= 4 is 0 Å². The third-order valence-electron chi connectivity index (χ3n) is 2.86. The van der Waals surface area contributed by atoms with Crippen LogP contribution in [0.2, 0.25) is 0 Å². The summed E-state index contributed by atoms with van der Waals surface area (Å²) in [6.07, 6.45) is -2.67. The zero-order valence-electron chi connectivity index (χ0n) is 10.0. The van der Waals surface area contributed by atoms with E-state index in [1.54, 1.807) is 0 Å². The van der Waals surface area contributed by atoms with Gasteiger partial charge in [-0.2, -0.15) is 0 Å². The summed E-state index contributed by atoms with van der Waals surface area (Å²) in [5.74, 6) is -0.721. The quantitative estimate of drug-likeness (QED) is 0.728. The summed E-state index contributed by atoms with van der Waals surface area (Å²) in [4.78, 5) is 24.4. The number of halogens is 1. The molecule has 0 aromatic carbocycles. The maximum Gasteiger partial charge on any atom is 0.330 e. The summed E-state index contributed by atoms with van der Waals surface area (Å²) in [7, 11) is 0. The maximum atomic E-state index is 14.0. The Balaban J connectivity index is 2.35. The molecule has 1 fully saturated rings. The van der Waals surface area contributed by atoms with Gasteiger partial charge in [-0.1, -0.05) is 6.92 Å². The van der Waals surface area contributed by atoms with Crippen molar-refractivity contribution in [2.75, 3.05) is 6.58 Å². The number of aromatic nitrogens is 2. The fourth-order valence-electron chi connectivity index (χ4n) is 1.82. The highest BCUT2D eigenvalue weighted by Crippen LogP contribution is 2.34. The van der Waals surface area contributed by atoms with Gasteiger partial charge in [0.25, 0.3) is 5.56 Å². The maximum absolute atomic E-state index is 14.0. The smallest absolute Gasteiger partial charge is 0.330 e. The number of aliphatic hydroxyl groups excluding tert-OH is 1. The second-order valence-electron chi connectivity index (χ2n) is 3.96. The van der Waals surface area contributed by atoms with Crippen molar-refractivity contribution in [3.63, 3.8) is 0 Å². The summed E-state index contributed by atoms with van der Waals surface area (Å²) in [5.41, 5.74) is -1.38. The topological polar surface area (TPSA) is 84.3 Å². The molecule has 2 N–H and O–H groups in total. The summed E-state index contributed by atoms with van der Waals surface area (Å²) in [6.45, 7) is -0.0919. The molecule has 1 aromatic rings. The summed E-state index contributed by atoms with van der Waals surface area (Å²) < 4.78 is 27.2. The molecule has 1 aliphatic heterocycles. The molecule has 0 aliphatic carbocycles. The second-order valence-corrected chi connectivity index (χ2v) is 3.96. The largest absolute Gasteiger partial charge is 0.394 e. The molecule has 0 radical (unpaired) electrons. The Hall–Kier alpha value is -1.47. The molecule has 2 rings (SSSR count). The standard InChI is InChI=1S/C10H13FN2O4/c1-5-6(4-14)17-9(8(5)11)13-3-2-7(15)12-10(13)16/h2-3,5-6,8-9,14H,4H2,1H3,(H,12,15,16)/t5-,6-,8-,9-/m1/s1/i4D/t4?,5-,6-,8-,9-. The molecular formula is C10H13FN2O4. The minimum Gasteiger partial charge on any atom is -0.394 e. The van der Waals surface area contributed by atoms with Gasteiger partial charge in [0.2, 0.25) is 0 Å². The van der Waals surface area contributed by atoms with Gasteiger partial charge in [-0.15, -0.1) is 0 Å². The van der Waals surface area contributed by atoms with Gasteiger partial charge in [0, 0.05) is 18.2 Å². The minimum atomic E-state index is -1.58. The number of hydrogen-bond acceptors (Lipinski definition) is 4. The Morgan fingerprint density at radius 1 is 1.71 bits per heavy atom. The van der Waals surface area contributed by atoms with E-state index in [-0.39, 0.29) is 0 Å². The van der Waals surface area contributed by atoms with Crippen molar-refractivity contribution in [2.45, 2.75) is 25.4 Å². The van der Waals surface area contributed by atoms with Crippen LogP contribution in [0, 0.1) is 5.92 Å². The van der Waals surface area contributed by atoms with E-state index in [1.807, 2.05) is 4.98 Å². The van der Waals surface area contributed by atoms with E-state index in [0.717, 1.165) is 16.8 Å². The lowest BCUT2D eigenvalue weighted by Crippen LogP contribution is -2.34. The molecule has 7 heteroatoms. The molecule has 5 atom stereocenters. The first-order chi connectivity index (χ1) is 8.41. The van der Waals surface area contributed by atoms with Gasteiger partial charge in [-0.25, -0.2) is 9.18 Å². The molecule has 0 spiro atoms. The number of aromatic amines is 1. The van der Waals surface area contributed by atoms with Crippen LogP contribution in [0.4, 0.5) is 4.39 Å². The highest BCUT2D eigenvalue weighted by Gasteiger charge is 2.43. The van der Waals surface area contributed by atoms with Crippen molar-refractivity contribution in [2.24, 2.45) is 5.92 Å². The monoisotopic (exact) mass is 245 g/mol. The average Bonchev–Trinajstić information content (AvgIpc) is 2.57. The van der Waals surface area contributed by atoms with E-state index in [1.165, 1.54) is 6.92 Å². The number of hydrogen-bond donors (Lipinski definition) is 2. The van der Waals surface area contributed by atoms with Gasteiger partial charge in [-0.05, 0) is 0 Å². The molecule has 94 valence electrons. The minimum absolute atomic E-state index is 0.588. The van der Waals surface area contributed by atoms with Crippen LogP contribution in [0.5, 0.6) is 0 Å². The zero-order valence-corrected chi connectivity index (χ0v) is 9.04. The average molecular weight is 245 g/mol. The van der Waals surface area contributed by atoms with Crippen molar-refractivity contribution in [1.29, 1.82) is 0 Å². The molecular weight excluding hydrogens is 231 g/mol. The molecule has 1 aliphatic rings. The molecule has 1 aromatic heterocycles. The van der Waals surface area contributed by atoms with E-state index < -0.39 is 42.3 Å². The van der Waals surface area contributed by atoms with Crippen molar-refractivity contribution in [3.05, 3.63) is 33.1 Å². The second kappa shape index (κ2) is 4.42. The third-order valence-corrected chi connectivity index (χ3v) is 2.86. The lowest BCUT2D eigenvalue weighted by molar-refractivity contribution is -0.0419. The van der Waals surface area contributed by atoms with Gasteiger partial charge >= 0.3 is 5.69 Å². The van der Waals surface area contributed by atoms with Crippen LogP contribution >= 0.6 is 0 Å². The van der Waals surface area contributed by atoms with Gasteiger partial charge < -0.3 is 9.84 Å². The molecule has 0 amide bonds. The predicted octanol–water partition coefficient (Wildman–Crippen LogP) is -0.600. The highest BCUT2D eigenvalue weighted by atomic mass is 19.1. The lowest BCUT2D eigenvalue weighted by Gasteiger charge is -2.15. The van der Waals surface area contributed by atoms with Gasteiger partial charge in [0.05, 0.1) is 14.1 Å². The SMILES string of the molecule is [2H]C(O)[C@H]1O[C@@H](n2ccc(=O)[nH]c2=O)[C@H](F)[C@@H]1C. The van der Waals surface area contributed by atoms with Crippen molar-refractivity contribution in [1.82, 2.24) is 9.55 Å². The Kier molecular flexibility index (Phi) is 2.77. The van der Waals surface area contributed by atoms with Crippen LogP contribution < -0.4 is 11.2 Å². The van der Waals surface area contributed by atoms with Crippen LogP contribution in [0.3, 0.4) is 0 Å². The first-order valence-electron chi connectivity index (χ1n) is 5.71. The number of rotatable bonds is 2. The first kappa shape index (κ1) is 10.7. The normalized spacial score (nSPS) is 35.6. The number of ether oxygens (including phenoxy) is 1. The van der Waals surface area contributed by atoms with E-state index in [4.69, 9.17) is 11.2 Å². The van der Waals surface area contributed by atoms with Gasteiger partial charge in [-0.3, -0.25) is 14.3 Å². The third kappa shape index (κ3) is 2.03. The van der Waals surface area contributed by atoms with E-state index >= 15 is 0 Å². The molecule has 1 saturated heterocycles. The van der Waals surface area contributed by atoms with Crippen LogP contribution in [0.25, 0.3) is 0 Å². The Labute approximate surface area is 97.1 Å². The fraction of sp³-hybridized carbons (Fsp3) is 0.600. The van der Waals surface area contributed by atoms with Crippen LogP contribution in [0.1, 0.15) is 14.5 Å². The zero-order chi connectivity index (χ0) is 13.4. The number of H-pyrrole nitrogens is 1. The lowest BCUT2D eigenvalue weighted by atomic mass is 10.0. The summed E-state index contributed by atoms with van der Waals surface area (Å²) in [6, 6.07) is 1.08. The number of aliphatic hydroxyl groups is 1. The van der Waals surface area contributed by atoms with E-state index in [0.29, 0.717) is 0 Å². The number of nitrogens with one attached hydrogen (secondary N) is 1. The van der Waals surface area contributed by atoms with Crippen molar-refractivity contribution < 1.29 is 15.6 Å². The molecule has 1 unspecified atom stereocenters. The van der Waals surface area contributed by atoms with Gasteiger partial charge in [0.15, 0.2) is 12.4 Å². The Morgan fingerprint density at radius 2 is 2.41 bits per heavy atom. The predicted molar refractivity (Wildman–Crippen MR) is 56.4 cm³/mol. The number of alkyl halides is 1. The molecule has 0 saturated carbocycles. The highest BCUT2D eigenvalue weighted by molar-refractivity contribution is 4.91. The van der Waals surface area contributed by atoms with Crippen molar-refractivity contribution in [3.8, 4) is 0 Å². The molecule has 17 heavy (non-hydrogen) atoms.